The highest BCUT2D eigenvalue weighted by Crippen LogP contribution is 2.32. The molecule has 126 valence electrons. The number of hydrogen-bond acceptors (Lipinski definition) is 2. The van der Waals surface area contributed by atoms with Gasteiger partial charge >= 0.3 is 0 Å². The van der Waals surface area contributed by atoms with Crippen molar-refractivity contribution in [2.24, 2.45) is 5.92 Å². The molecule has 0 aromatic heterocycles. The second-order valence-corrected chi connectivity index (χ2v) is 7.74. The molecule has 5 heteroatoms. The first-order chi connectivity index (χ1) is 10.8. The third kappa shape index (κ3) is 4.34. The summed E-state index contributed by atoms with van der Waals surface area (Å²) < 4.78 is 0.977. The monoisotopic (exact) mass is 380 g/mol. The molecule has 0 saturated carbocycles. The fraction of sp³-hybridized carbons (Fsp3) is 0.556. The minimum Gasteiger partial charge on any atom is -0.354 e. The van der Waals surface area contributed by atoms with E-state index >= 15 is 0 Å². The maximum Gasteiger partial charge on any atom is 0.245 e. The van der Waals surface area contributed by atoms with Gasteiger partial charge in [0.1, 0.15) is 5.54 Å². The molecule has 0 spiro atoms. The number of nitrogens with one attached hydrogen (secondary N) is 1. The van der Waals surface area contributed by atoms with E-state index in [2.05, 4.69) is 35.1 Å². The summed E-state index contributed by atoms with van der Waals surface area (Å²) in [5.41, 5.74) is 0.270. The topological polar surface area (TPSA) is 49.4 Å². The lowest BCUT2D eigenvalue weighted by Crippen LogP contribution is -2.54. The van der Waals surface area contributed by atoms with E-state index in [1.54, 1.807) is 4.90 Å². The van der Waals surface area contributed by atoms with Gasteiger partial charge < -0.3 is 10.2 Å². The Balaban J connectivity index is 2.09. The average molecular weight is 381 g/mol. The summed E-state index contributed by atoms with van der Waals surface area (Å²) in [6.07, 6.45) is 1.96. The van der Waals surface area contributed by atoms with Gasteiger partial charge in [-0.2, -0.15) is 0 Å². The second-order valence-electron chi connectivity index (χ2n) is 6.82. The van der Waals surface area contributed by atoms with E-state index < -0.39 is 5.54 Å². The first-order valence-electron chi connectivity index (χ1n) is 8.16. The van der Waals surface area contributed by atoms with Gasteiger partial charge in [0.05, 0.1) is 0 Å². The van der Waals surface area contributed by atoms with Crippen LogP contribution in [0.15, 0.2) is 28.7 Å². The molecular formula is C18H25BrN2O2. The van der Waals surface area contributed by atoms with Crippen molar-refractivity contribution in [2.75, 3.05) is 6.54 Å². The van der Waals surface area contributed by atoms with Crippen LogP contribution in [-0.2, 0) is 16.1 Å². The summed E-state index contributed by atoms with van der Waals surface area (Å²) in [6, 6.07) is 7.86. The van der Waals surface area contributed by atoms with Gasteiger partial charge in [0.2, 0.25) is 11.8 Å². The Labute approximate surface area is 146 Å². The quantitative estimate of drug-likeness (QED) is 0.820. The summed E-state index contributed by atoms with van der Waals surface area (Å²) in [5.74, 6) is 0.552. The lowest BCUT2D eigenvalue weighted by Gasteiger charge is -2.34. The zero-order valence-electron chi connectivity index (χ0n) is 14.1. The number of halogens is 1. The minimum atomic E-state index is -0.754. The standard InChI is InChI=1S/C18H25BrN2O2/c1-13(2)8-10-20-17(23)18(3)9-7-16(22)21(18)12-14-5-4-6-15(19)11-14/h4-6,11,13H,7-10,12H2,1-3H3,(H,20,23). The van der Waals surface area contributed by atoms with Gasteiger partial charge in [0.25, 0.3) is 0 Å². The molecule has 23 heavy (non-hydrogen) atoms. The van der Waals surface area contributed by atoms with Crippen molar-refractivity contribution in [2.45, 2.75) is 52.1 Å². The van der Waals surface area contributed by atoms with Crippen molar-refractivity contribution < 1.29 is 9.59 Å². The van der Waals surface area contributed by atoms with Crippen LogP contribution in [0.5, 0.6) is 0 Å². The third-order valence-electron chi connectivity index (χ3n) is 4.45. The van der Waals surface area contributed by atoms with Gasteiger partial charge in [-0.3, -0.25) is 9.59 Å². The number of amides is 2. The number of nitrogens with zero attached hydrogens (tertiary/aromatic N) is 1. The molecule has 2 rings (SSSR count). The molecule has 0 aliphatic carbocycles. The maximum atomic E-state index is 12.6. The molecule has 1 saturated heterocycles. The zero-order chi connectivity index (χ0) is 17.0. The number of carbonyl (C=O) groups is 2. The van der Waals surface area contributed by atoms with Crippen LogP contribution in [0.25, 0.3) is 0 Å². The van der Waals surface area contributed by atoms with E-state index in [9.17, 15) is 9.59 Å². The van der Waals surface area contributed by atoms with E-state index in [0.29, 0.717) is 31.8 Å². The molecule has 4 nitrogen and oxygen atoms in total. The van der Waals surface area contributed by atoms with Crippen LogP contribution in [0.3, 0.4) is 0 Å². The Morgan fingerprint density at radius 3 is 2.83 bits per heavy atom. The van der Waals surface area contributed by atoms with Crippen LogP contribution in [0.4, 0.5) is 0 Å². The van der Waals surface area contributed by atoms with E-state index in [1.807, 2.05) is 31.2 Å². The number of carbonyl (C=O) groups excluding carboxylic acids is 2. The highest BCUT2D eigenvalue weighted by molar-refractivity contribution is 9.10. The summed E-state index contributed by atoms with van der Waals surface area (Å²) >= 11 is 3.45. The smallest absolute Gasteiger partial charge is 0.245 e. The van der Waals surface area contributed by atoms with Gasteiger partial charge in [0, 0.05) is 24.0 Å². The summed E-state index contributed by atoms with van der Waals surface area (Å²) in [4.78, 5) is 26.7. The molecule has 0 bridgehead atoms. The Morgan fingerprint density at radius 1 is 1.43 bits per heavy atom. The second kappa shape index (κ2) is 7.47. The van der Waals surface area contributed by atoms with Crippen molar-refractivity contribution in [1.29, 1.82) is 0 Å². The molecule has 1 atom stereocenters. The Kier molecular flexibility index (Phi) is 5.84. The Hall–Kier alpha value is -1.36. The first-order valence-corrected chi connectivity index (χ1v) is 8.95. The largest absolute Gasteiger partial charge is 0.354 e. The number of rotatable bonds is 6. The van der Waals surface area contributed by atoms with Crippen molar-refractivity contribution in [1.82, 2.24) is 10.2 Å². The van der Waals surface area contributed by atoms with E-state index in [4.69, 9.17) is 0 Å². The van der Waals surface area contributed by atoms with Gasteiger partial charge in [-0.1, -0.05) is 41.9 Å². The normalized spacial score (nSPS) is 21.1. The van der Waals surface area contributed by atoms with Crippen molar-refractivity contribution in [3.63, 3.8) is 0 Å². The highest BCUT2D eigenvalue weighted by Gasteiger charge is 2.46. The predicted octanol–water partition coefficient (Wildman–Crippen LogP) is 3.49. The van der Waals surface area contributed by atoms with Crippen LogP contribution in [-0.4, -0.2) is 28.8 Å². The lowest BCUT2D eigenvalue weighted by molar-refractivity contribution is -0.141. The SMILES string of the molecule is CC(C)CCNC(=O)C1(C)CCC(=O)N1Cc1cccc(Br)c1. The molecule has 1 N–H and O–H groups in total. The molecule has 1 aromatic rings. The molecule has 1 aliphatic rings. The minimum absolute atomic E-state index is 0.0426. The third-order valence-corrected chi connectivity index (χ3v) is 4.94. The van der Waals surface area contributed by atoms with Crippen LogP contribution in [0.2, 0.25) is 0 Å². The van der Waals surface area contributed by atoms with Crippen LogP contribution < -0.4 is 5.32 Å². The predicted molar refractivity (Wildman–Crippen MR) is 94.8 cm³/mol. The summed E-state index contributed by atoms with van der Waals surface area (Å²) in [6.45, 7) is 7.26. The summed E-state index contributed by atoms with van der Waals surface area (Å²) in [5, 5.41) is 3.00. The Bertz CT molecular complexity index is 588. The Morgan fingerprint density at radius 2 is 2.17 bits per heavy atom. The first kappa shape index (κ1) is 18.0. The zero-order valence-corrected chi connectivity index (χ0v) is 15.6. The highest BCUT2D eigenvalue weighted by atomic mass is 79.9. The molecule has 1 aromatic carbocycles. The molecule has 1 aliphatic heterocycles. The number of hydrogen-bond donors (Lipinski definition) is 1. The number of benzene rings is 1. The van der Waals surface area contributed by atoms with E-state index in [1.165, 1.54) is 0 Å². The maximum absolute atomic E-state index is 12.6. The molecule has 1 unspecified atom stereocenters. The molecule has 1 fully saturated rings. The molecule has 1 heterocycles. The van der Waals surface area contributed by atoms with Crippen LogP contribution in [0.1, 0.15) is 45.6 Å². The van der Waals surface area contributed by atoms with Crippen molar-refractivity contribution >= 4 is 27.7 Å². The van der Waals surface area contributed by atoms with Gasteiger partial charge in [0.15, 0.2) is 0 Å². The average Bonchev–Trinajstić information content (AvgIpc) is 2.76. The molecule has 2 amide bonds. The van der Waals surface area contributed by atoms with Gasteiger partial charge in [-0.05, 0) is 43.4 Å². The van der Waals surface area contributed by atoms with Crippen LogP contribution >= 0.6 is 15.9 Å². The van der Waals surface area contributed by atoms with E-state index in [0.717, 1.165) is 16.5 Å². The van der Waals surface area contributed by atoms with Gasteiger partial charge in [-0.15, -0.1) is 0 Å². The van der Waals surface area contributed by atoms with Crippen LogP contribution in [0, 0.1) is 5.92 Å². The van der Waals surface area contributed by atoms with Crippen molar-refractivity contribution in [3.05, 3.63) is 34.3 Å². The van der Waals surface area contributed by atoms with E-state index in [-0.39, 0.29) is 11.8 Å². The fourth-order valence-corrected chi connectivity index (χ4v) is 3.32. The van der Waals surface area contributed by atoms with Gasteiger partial charge in [-0.25, -0.2) is 0 Å². The molecule has 0 radical (unpaired) electrons. The summed E-state index contributed by atoms with van der Waals surface area (Å²) in [7, 11) is 0. The lowest BCUT2D eigenvalue weighted by atomic mass is 9.97. The fourth-order valence-electron chi connectivity index (χ4n) is 2.88. The number of likely N-dealkylation sites (tertiary alicyclic amines) is 1. The van der Waals surface area contributed by atoms with Crippen molar-refractivity contribution in [3.8, 4) is 0 Å². The molecular weight excluding hydrogens is 356 g/mol.